The predicted molar refractivity (Wildman–Crippen MR) is 66.2 cm³/mol. The van der Waals surface area contributed by atoms with Gasteiger partial charge in [0.15, 0.2) is 11.5 Å². The SMILES string of the molecule is CNCC1CN(c2ccc3c(c2)OCO3)C(=O)N1. The van der Waals surface area contributed by atoms with Crippen molar-refractivity contribution in [2.24, 2.45) is 0 Å². The first-order valence-corrected chi connectivity index (χ1v) is 5.90. The second-order valence-electron chi connectivity index (χ2n) is 4.35. The fourth-order valence-electron chi connectivity index (χ4n) is 2.24. The highest BCUT2D eigenvalue weighted by Gasteiger charge is 2.30. The van der Waals surface area contributed by atoms with Gasteiger partial charge < -0.3 is 20.1 Å². The number of benzene rings is 1. The number of anilines is 1. The molecule has 6 nitrogen and oxygen atoms in total. The predicted octanol–water partition coefficient (Wildman–Crippen LogP) is 0.533. The minimum atomic E-state index is -0.0749. The van der Waals surface area contributed by atoms with Crippen molar-refractivity contribution in [2.75, 3.05) is 31.8 Å². The van der Waals surface area contributed by atoms with Crippen LogP contribution in [0.5, 0.6) is 11.5 Å². The maximum absolute atomic E-state index is 11.9. The number of amides is 2. The average molecular weight is 249 g/mol. The summed E-state index contributed by atoms with van der Waals surface area (Å²) in [7, 11) is 1.87. The highest BCUT2D eigenvalue weighted by Crippen LogP contribution is 2.35. The summed E-state index contributed by atoms with van der Waals surface area (Å²) in [5, 5.41) is 5.98. The summed E-state index contributed by atoms with van der Waals surface area (Å²) in [5.74, 6) is 1.42. The maximum atomic E-state index is 11.9. The van der Waals surface area contributed by atoms with Crippen molar-refractivity contribution in [1.29, 1.82) is 0 Å². The molecule has 1 aromatic carbocycles. The van der Waals surface area contributed by atoms with E-state index in [1.165, 1.54) is 0 Å². The van der Waals surface area contributed by atoms with Crippen LogP contribution >= 0.6 is 0 Å². The highest BCUT2D eigenvalue weighted by molar-refractivity contribution is 5.95. The molecule has 18 heavy (non-hydrogen) atoms. The van der Waals surface area contributed by atoms with Gasteiger partial charge in [0.2, 0.25) is 6.79 Å². The zero-order valence-corrected chi connectivity index (χ0v) is 10.1. The van der Waals surface area contributed by atoms with Gasteiger partial charge in [-0.15, -0.1) is 0 Å². The number of fused-ring (bicyclic) bond motifs is 1. The monoisotopic (exact) mass is 249 g/mol. The molecular weight excluding hydrogens is 234 g/mol. The van der Waals surface area contributed by atoms with E-state index in [4.69, 9.17) is 9.47 Å². The minimum Gasteiger partial charge on any atom is -0.454 e. The first-order chi connectivity index (χ1) is 8.78. The summed E-state index contributed by atoms with van der Waals surface area (Å²) in [5.41, 5.74) is 0.829. The molecule has 2 N–H and O–H groups in total. The van der Waals surface area contributed by atoms with Crippen molar-refractivity contribution < 1.29 is 14.3 Å². The molecule has 1 fully saturated rings. The van der Waals surface area contributed by atoms with E-state index in [0.717, 1.165) is 18.0 Å². The number of likely N-dealkylation sites (N-methyl/N-ethyl adjacent to an activating group) is 1. The number of ether oxygens (including phenoxy) is 2. The van der Waals surface area contributed by atoms with Gasteiger partial charge in [-0.2, -0.15) is 0 Å². The molecule has 0 aliphatic carbocycles. The Balaban J connectivity index is 1.80. The molecule has 0 aromatic heterocycles. The number of urea groups is 1. The van der Waals surface area contributed by atoms with Gasteiger partial charge in [0.05, 0.1) is 6.04 Å². The molecule has 1 atom stereocenters. The summed E-state index contributed by atoms with van der Waals surface area (Å²) in [6.45, 7) is 1.65. The Morgan fingerprint density at radius 1 is 1.44 bits per heavy atom. The fourth-order valence-corrected chi connectivity index (χ4v) is 2.24. The third kappa shape index (κ3) is 1.84. The summed E-state index contributed by atoms with van der Waals surface area (Å²) in [6.07, 6.45) is 0. The number of nitrogens with one attached hydrogen (secondary N) is 2. The number of carbonyl (C=O) groups is 1. The lowest BCUT2D eigenvalue weighted by atomic mass is 10.2. The van der Waals surface area contributed by atoms with Crippen LogP contribution < -0.4 is 25.0 Å². The number of carbonyl (C=O) groups excluding carboxylic acids is 1. The van der Waals surface area contributed by atoms with Crippen molar-refractivity contribution >= 4 is 11.7 Å². The van der Waals surface area contributed by atoms with Gasteiger partial charge in [0, 0.05) is 24.8 Å². The van der Waals surface area contributed by atoms with Crippen molar-refractivity contribution in [2.45, 2.75) is 6.04 Å². The molecular formula is C12H15N3O3. The molecule has 0 saturated carbocycles. The third-order valence-electron chi connectivity index (χ3n) is 3.09. The Morgan fingerprint density at radius 3 is 3.11 bits per heavy atom. The Kier molecular flexibility index (Phi) is 2.71. The van der Waals surface area contributed by atoms with Crippen LogP contribution in [0.15, 0.2) is 18.2 Å². The van der Waals surface area contributed by atoms with Crippen molar-refractivity contribution in [1.82, 2.24) is 10.6 Å². The lowest BCUT2D eigenvalue weighted by Crippen LogP contribution is -2.35. The molecule has 6 heteroatoms. The van der Waals surface area contributed by atoms with E-state index in [0.29, 0.717) is 12.3 Å². The number of nitrogens with zero attached hydrogens (tertiary/aromatic N) is 1. The first-order valence-electron chi connectivity index (χ1n) is 5.90. The van der Waals surface area contributed by atoms with Crippen molar-refractivity contribution in [3.8, 4) is 11.5 Å². The van der Waals surface area contributed by atoms with E-state index in [1.54, 1.807) is 4.90 Å². The van der Waals surface area contributed by atoms with E-state index in [1.807, 2.05) is 25.2 Å². The molecule has 1 unspecified atom stereocenters. The topological polar surface area (TPSA) is 62.8 Å². The molecule has 2 aliphatic heterocycles. The van der Waals surface area contributed by atoms with Crippen LogP contribution in [0, 0.1) is 0 Å². The van der Waals surface area contributed by atoms with E-state index < -0.39 is 0 Å². The first kappa shape index (κ1) is 11.2. The molecule has 0 spiro atoms. The molecule has 2 amide bonds. The molecule has 0 radical (unpaired) electrons. The lowest BCUT2D eigenvalue weighted by Gasteiger charge is -2.15. The van der Waals surface area contributed by atoms with Crippen LogP contribution in [0.1, 0.15) is 0 Å². The summed E-state index contributed by atoms with van der Waals surface area (Å²) in [4.78, 5) is 13.6. The lowest BCUT2D eigenvalue weighted by molar-refractivity contribution is 0.174. The number of rotatable bonds is 3. The zero-order valence-electron chi connectivity index (χ0n) is 10.1. The zero-order chi connectivity index (χ0) is 12.5. The van der Waals surface area contributed by atoms with E-state index >= 15 is 0 Å². The summed E-state index contributed by atoms with van der Waals surface area (Å²) < 4.78 is 10.6. The highest BCUT2D eigenvalue weighted by atomic mass is 16.7. The Morgan fingerprint density at radius 2 is 2.28 bits per heavy atom. The fraction of sp³-hybridized carbons (Fsp3) is 0.417. The Bertz CT molecular complexity index is 478. The van der Waals surface area contributed by atoms with Crippen LogP contribution in [0.4, 0.5) is 10.5 Å². The number of hydrogen-bond acceptors (Lipinski definition) is 4. The van der Waals surface area contributed by atoms with Crippen LogP contribution in [0.25, 0.3) is 0 Å². The second kappa shape index (κ2) is 4.38. The summed E-state index contributed by atoms with van der Waals surface area (Å²) >= 11 is 0. The minimum absolute atomic E-state index is 0.0749. The van der Waals surface area contributed by atoms with Gasteiger partial charge in [0.25, 0.3) is 0 Å². The number of hydrogen-bond donors (Lipinski definition) is 2. The second-order valence-corrected chi connectivity index (χ2v) is 4.35. The van der Waals surface area contributed by atoms with Gasteiger partial charge in [-0.1, -0.05) is 0 Å². The van der Waals surface area contributed by atoms with Gasteiger partial charge in [0.1, 0.15) is 0 Å². The van der Waals surface area contributed by atoms with Crippen LogP contribution in [0.3, 0.4) is 0 Å². The van der Waals surface area contributed by atoms with E-state index in [9.17, 15) is 4.79 Å². The standard InChI is InChI=1S/C12H15N3O3/c1-13-5-8-6-15(12(16)14-8)9-2-3-10-11(4-9)18-7-17-10/h2-4,8,13H,5-7H2,1H3,(H,14,16). The molecule has 3 rings (SSSR count). The van der Waals surface area contributed by atoms with Crippen LogP contribution in [-0.2, 0) is 0 Å². The normalized spacial score (nSPS) is 21.3. The average Bonchev–Trinajstić information content (AvgIpc) is 2.95. The molecule has 2 aliphatic rings. The quantitative estimate of drug-likeness (QED) is 0.820. The van der Waals surface area contributed by atoms with Gasteiger partial charge in [-0.3, -0.25) is 4.90 Å². The smallest absolute Gasteiger partial charge is 0.322 e. The van der Waals surface area contributed by atoms with Crippen LogP contribution in [0.2, 0.25) is 0 Å². The molecule has 2 heterocycles. The third-order valence-corrected chi connectivity index (χ3v) is 3.09. The van der Waals surface area contributed by atoms with E-state index in [-0.39, 0.29) is 18.9 Å². The summed E-state index contributed by atoms with van der Waals surface area (Å²) in [6, 6.07) is 5.59. The van der Waals surface area contributed by atoms with Gasteiger partial charge in [-0.25, -0.2) is 4.79 Å². The molecule has 96 valence electrons. The Hall–Kier alpha value is -1.95. The maximum Gasteiger partial charge on any atom is 0.322 e. The van der Waals surface area contributed by atoms with Crippen LogP contribution in [-0.4, -0.2) is 39.0 Å². The molecule has 0 bridgehead atoms. The van der Waals surface area contributed by atoms with Gasteiger partial charge in [-0.05, 0) is 19.2 Å². The van der Waals surface area contributed by atoms with Crippen molar-refractivity contribution in [3.63, 3.8) is 0 Å². The van der Waals surface area contributed by atoms with Crippen molar-refractivity contribution in [3.05, 3.63) is 18.2 Å². The largest absolute Gasteiger partial charge is 0.454 e. The Labute approximate surface area is 105 Å². The van der Waals surface area contributed by atoms with Gasteiger partial charge >= 0.3 is 6.03 Å². The van der Waals surface area contributed by atoms with E-state index in [2.05, 4.69) is 10.6 Å². The molecule has 1 aromatic rings. The molecule has 1 saturated heterocycles.